The zero-order valence-electron chi connectivity index (χ0n) is 15.2. The second-order valence-corrected chi connectivity index (χ2v) is 6.81. The molecule has 0 saturated heterocycles. The molecule has 0 aliphatic rings. The van der Waals surface area contributed by atoms with E-state index in [1.165, 1.54) is 5.56 Å². The Balaban J connectivity index is 1.86. The summed E-state index contributed by atoms with van der Waals surface area (Å²) < 4.78 is 2.20. The van der Waals surface area contributed by atoms with Crippen LogP contribution in [0.4, 0.5) is 0 Å². The third-order valence-electron chi connectivity index (χ3n) is 4.65. The highest BCUT2D eigenvalue weighted by Gasteiger charge is 2.12. The van der Waals surface area contributed by atoms with Gasteiger partial charge in [-0.2, -0.15) is 5.26 Å². The average Bonchev–Trinajstić information content (AvgIpc) is 2.94. The van der Waals surface area contributed by atoms with Crippen molar-refractivity contribution in [2.75, 3.05) is 0 Å². The van der Waals surface area contributed by atoms with Crippen molar-refractivity contribution in [2.24, 2.45) is 0 Å². The van der Waals surface area contributed by atoms with Crippen LogP contribution in [0.15, 0.2) is 48.5 Å². The molecule has 0 radical (unpaired) electrons. The number of aryl methyl sites for hydroxylation is 1. The predicted octanol–water partition coefficient (Wildman–Crippen LogP) is 5.77. The summed E-state index contributed by atoms with van der Waals surface area (Å²) in [6.07, 6.45) is 3.19. The molecule has 0 spiro atoms. The van der Waals surface area contributed by atoms with Crippen molar-refractivity contribution in [1.29, 1.82) is 5.26 Å². The van der Waals surface area contributed by atoms with Gasteiger partial charge in [-0.25, -0.2) is 4.98 Å². The fourth-order valence-electron chi connectivity index (χ4n) is 3.10. The number of hydrogen-bond acceptors (Lipinski definition) is 2. The number of benzene rings is 2. The molecule has 3 nitrogen and oxygen atoms in total. The molecule has 0 N–H and O–H groups in total. The molecule has 3 rings (SSSR count). The van der Waals surface area contributed by atoms with E-state index >= 15 is 0 Å². The lowest BCUT2D eigenvalue weighted by molar-refractivity contribution is 0.667. The van der Waals surface area contributed by atoms with Crippen molar-refractivity contribution in [1.82, 2.24) is 9.55 Å². The van der Waals surface area contributed by atoms with Crippen molar-refractivity contribution < 1.29 is 0 Å². The average molecular weight is 364 g/mol. The summed E-state index contributed by atoms with van der Waals surface area (Å²) in [5.74, 6) is 1.05. The number of nitrogens with zero attached hydrogens (tertiary/aromatic N) is 3. The molecule has 26 heavy (non-hydrogen) atoms. The molecular weight excluding hydrogens is 342 g/mol. The molecule has 0 unspecified atom stereocenters. The van der Waals surface area contributed by atoms with Gasteiger partial charge < -0.3 is 4.57 Å². The Kier molecular flexibility index (Phi) is 5.75. The van der Waals surface area contributed by atoms with Crippen molar-refractivity contribution >= 4 is 11.6 Å². The van der Waals surface area contributed by atoms with E-state index in [0.29, 0.717) is 10.7 Å². The second kappa shape index (κ2) is 8.21. The Morgan fingerprint density at radius 2 is 1.85 bits per heavy atom. The van der Waals surface area contributed by atoms with Crippen LogP contribution in [-0.4, -0.2) is 9.55 Å². The number of imidazole rings is 1. The van der Waals surface area contributed by atoms with Gasteiger partial charge in [-0.1, -0.05) is 67.4 Å². The van der Waals surface area contributed by atoms with E-state index in [-0.39, 0.29) is 0 Å². The van der Waals surface area contributed by atoms with Gasteiger partial charge in [0, 0.05) is 13.0 Å². The van der Waals surface area contributed by atoms with Gasteiger partial charge in [-0.3, -0.25) is 0 Å². The van der Waals surface area contributed by atoms with Crippen LogP contribution in [0.5, 0.6) is 0 Å². The molecule has 1 aromatic heterocycles. The maximum absolute atomic E-state index is 9.29. The number of aromatic nitrogens is 2. The van der Waals surface area contributed by atoms with Crippen molar-refractivity contribution in [2.45, 2.75) is 39.7 Å². The molecule has 0 bridgehead atoms. The molecule has 0 atom stereocenters. The van der Waals surface area contributed by atoms with E-state index < -0.39 is 0 Å². The lowest BCUT2D eigenvalue weighted by Crippen LogP contribution is -2.07. The Morgan fingerprint density at radius 3 is 2.54 bits per heavy atom. The number of halogens is 1. The molecule has 0 aliphatic heterocycles. The van der Waals surface area contributed by atoms with Crippen molar-refractivity contribution in [3.63, 3.8) is 0 Å². The minimum absolute atomic E-state index is 0.593. The van der Waals surface area contributed by atoms with Crippen LogP contribution in [0.2, 0.25) is 5.15 Å². The first kappa shape index (κ1) is 18.2. The standard InChI is InChI=1S/C22H22ClN3/c1-3-4-9-21-25-22(23)16(2)26(21)15-17-10-12-18(13-11-17)20-8-6-5-7-19(20)14-24/h5-8,10-13H,3-4,9,15H2,1-2H3. The largest absolute Gasteiger partial charge is 0.326 e. The molecular formula is C22H22ClN3. The maximum Gasteiger partial charge on any atom is 0.150 e. The minimum Gasteiger partial charge on any atom is -0.326 e. The van der Waals surface area contributed by atoms with Gasteiger partial charge >= 0.3 is 0 Å². The number of rotatable bonds is 6. The molecule has 2 aromatic carbocycles. The van der Waals surface area contributed by atoms with E-state index in [4.69, 9.17) is 11.6 Å². The van der Waals surface area contributed by atoms with Gasteiger partial charge in [-0.05, 0) is 36.1 Å². The first-order valence-corrected chi connectivity index (χ1v) is 9.31. The molecule has 0 amide bonds. The highest BCUT2D eigenvalue weighted by Crippen LogP contribution is 2.25. The fourth-order valence-corrected chi connectivity index (χ4v) is 3.30. The van der Waals surface area contributed by atoms with Gasteiger partial charge in [0.15, 0.2) is 0 Å². The van der Waals surface area contributed by atoms with Gasteiger partial charge in [0.2, 0.25) is 0 Å². The summed E-state index contributed by atoms with van der Waals surface area (Å²) in [5, 5.41) is 9.88. The predicted molar refractivity (Wildman–Crippen MR) is 106 cm³/mol. The molecule has 3 aromatic rings. The first-order valence-electron chi connectivity index (χ1n) is 8.94. The van der Waals surface area contributed by atoms with Gasteiger partial charge in [0.05, 0.1) is 17.3 Å². The normalized spacial score (nSPS) is 10.7. The number of unbranched alkanes of at least 4 members (excludes halogenated alkanes) is 1. The fraction of sp³-hybridized carbons (Fsp3) is 0.273. The van der Waals surface area contributed by atoms with Gasteiger partial charge in [0.1, 0.15) is 11.0 Å². The Hall–Kier alpha value is -2.57. The zero-order chi connectivity index (χ0) is 18.5. The summed E-state index contributed by atoms with van der Waals surface area (Å²) in [5.41, 5.74) is 4.92. The second-order valence-electron chi connectivity index (χ2n) is 6.45. The van der Waals surface area contributed by atoms with E-state index in [0.717, 1.165) is 48.5 Å². The third kappa shape index (κ3) is 3.81. The molecule has 4 heteroatoms. The van der Waals surface area contributed by atoms with Crippen LogP contribution < -0.4 is 0 Å². The summed E-state index contributed by atoms with van der Waals surface area (Å²) in [6.45, 7) is 4.95. The molecule has 132 valence electrons. The van der Waals surface area contributed by atoms with E-state index in [1.807, 2.05) is 31.2 Å². The zero-order valence-corrected chi connectivity index (χ0v) is 15.9. The minimum atomic E-state index is 0.593. The molecule has 0 aliphatic carbocycles. The van der Waals surface area contributed by atoms with Crippen LogP contribution in [0.1, 0.15) is 42.4 Å². The SMILES string of the molecule is CCCCc1nc(Cl)c(C)n1Cc1ccc(-c2ccccc2C#N)cc1. The topological polar surface area (TPSA) is 41.6 Å². The highest BCUT2D eigenvalue weighted by molar-refractivity contribution is 6.30. The summed E-state index contributed by atoms with van der Waals surface area (Å²) in [4.78, 5) is 4.52. The quantitative estimate of drug-likeness (QED) is 0.557. The third-order valence-corrected chi connectivity index (χ3v) is 5.01. The van der Waals surface area contributed by atoms with Crippen LogP contribution in [0, 0.1) is 18.3 Å². The summed E-state index contributed by atoms with van der Waals surface area (Å²) in [6, 6.07) is 18.3. The molecule has 1 heterocycles. The van der Waals surface area contributed by atoms with Crippen molar-refractivity contribution in [3.8, 4) is 17.2 Å². The smallest absolute Gasteiger partial charge is 0.150 e. The highest BCUT2D eigenvalue weighted by atomic mass is 35.5. The van der Waals surface area contributed by atoms with Crippen LogP contribution in [0.3, 0.4) is 0 Å². The first-order chi connectivity index (χ1) is 12.6. The lowest BCUT2D eigenvalue weighted by Gasteiger charge is -2.11. The number of hydrogen-bond donors (Lipinski definition) is 0. The Bertz CT molecular complexity index is 933. The van der Waals surface area contributed by atoms with Gasteiger partial charge in [-0.15, -0.1) is 0 Å². The van der Waals surface area contributed by atoms with Crippen molar-refractivity contribution in [3.05, 3.63) is 76.3 Å². The van der Waals surface area contributed by atoms with E-state index in [1.54, 1.807) is 0 Å². The van der Waals surface area contributed by atoms with E-state index in [9.17, 15) is 5.26 Å². The van der Waals surface area contributed by atoms with Crippen LogP contribution in [-0.2, 0) is 13.0 Å². The Labute approximate surface area is 159 Å². The van der Waals surface area contributed by atoms with Crippen LogP contribution >= 0.6 is 11.6 Å². The molecule has 0 fully saturated rings. The van der Waals surface area contributed by atoms with Crippen LogP contribution in [0.25, 0.3) is 11.1 Å². The summed E-state index contributed by atoms with van der Waals surface area (Å²) >= 11 is 6.26. The monoisotopic (exact) mass is 363 g/mol. The summed E-state index contributed by atoms with van der Waals surface area (Å²) in [7, 11) is 0. The van der Waals surface area contributed by atoms with E-state index in [2.05, 4.69) is 46.8 Å². The maximum atomic E-state index is 9.29. The molecule has 0 saturated carbocycles. The number of nitriles is 1. The van der Waals surface area contributed by atoms with Gasteiger partial charge in [0.25, 0.3) is 0 Å². The lowest BCUT2D eigenvalue weighted by atomic mass is 9.99. The Morgan fingerprint density at radius 1 is 1.12 bits per heavy atom.